The van der Waals surface area contributed by atoms with E-state index in [-0.39, 0.29) is 5.75 Å². The van der Waals surface area contributed by atoms with Crippen molar-refractivity contribution in [2.75, 3.05) is 0 Å². The number of hydrogen-bond acceptors (Lipinski definition) is 4. The lowest BCUT2D eigenvalue weighted by molar-refractivity contribution is 0.180. The molecule has 124 valence electrons. The molecule has 0 saturated carbocycles. The van der Waals surface area contributed by atoms with E-state index in [1.165, 1.54) is 0 Å². The van der Waals surface area contributed by atoms with E-state index in [1.54, 1.807) is 18.5 Å². The number of imidazole rings is 1. The van der Waals surface area contributed by atoms with Crippen molar-refractivity contribution < 1.29 is 10.2 Å². The van der Waals surface area contributed by atoms with Gasteiger partial charge in [-0.05, 0) is 23.3 Å². The minimum Gasteiger partial charge on any atom is -0.508 e. The Bertz CT molecular complexity index is 797. The highest BCUT2D eigenvalue weighted by Gasteiger charge is 2.14. The first-order valence-electron chi connectivity index (χ1n) is 7.90. The highest BCUT2D eigenvalue weighted by atomic mass is 16.3. The lowest BCUT2D eigenvalue weighted by atomic mass is 10.1. The number of nitrogens with zero attached hydrogens (tertiary/aromatic N) is 2. The summed E-state index contributed by atoms with van der Waals surface area (Å²) in [7, 11) is 0. The summed E-state index contributed by atoms with van der Waals surface area (Å²) in [5, 5.41) is 19.3. The summed E-state index contributed by atoms with van der Waals surface area (Å²) in [6.07, 6.45) is 1.86. The van der Waals surface area contributed by atoms with Crippen LogP contribution in [0.4, 0.5) is 0 Å². The van der Waals surface area contributed by atoms with E-state index in [0.717, 1.165) is 22.5 Å². The number of phenols is 1. The number of benzene rings is 2. The number of aromatic hydroxyl groups is 1. The standard InChI is InChI=1S/C19H21N3O2/c20-19(24)11-18-17(10-14-5-2-1-3-6-14)21-13-22(18)12-15-7-4-8-16(23)9-15/h1-9,13,19,23-24H,10-12,20H2. The van der Waals surface area contributed by atoms with Crippen LogP contribution in [0.5, 0.6) is 5.75 Å². The number of aromatic nitrogens is 2. The molecule has 3 rings (SSSR count). The van der Waals surface area contributed by atoms with E-state index >= 15 is 0 Å². The summed E-state index contributed by atoms with van der Waals surface area (Å²) in [4.78, 5) is 4.52. The van der Waals surface area contributed by atoms with Crippen molar-refractivity contribution >= 4 is 0 Å². The number of hydrogen-bond donors (Lipinski definition) is 3. The van der Waals surface area contributed by atoms with Gasteiger partial charge in [0.1, 0.15) is 12.0 Å². The Morgan fingerprint density at radius 3 is 2.50 bits per heavy atom. The minimum absolute atomic E-state index is 0.234. The van der Waals surface area contributed by atoms with Gasteiger partial charge in [-0.2, -0.15) is 0 Å². The normalized spacial score (nSPS) is 12.2. The van der Waals surface area contributed by atoms with Gasteiger partial charge >= 0.3 is 0 Å². The first kappa shape index (κ1) is 16.2. The molecule has 0 aliphatic heterocycles. The molecule has 24 heavy (non-hydrogen) atoms. The fourth-order valence-corrected chi connectivity index (χ4v) is 2.81. The van der Waals surface area contributed by atoms with Crippen LogP contribution in [0.2, 0.25) is 0 Å². The second-order valence-electron chi connectivity index (χ2n) is 5.87. The zero-order valence-corrected chi connectivity index (χ0v) is 13.3. The first-order valence-corrected chi connectivity index (χ1v) is 7.90. The van der Waals surface area contributed by atoms with Gasteiger partial charge in [0.15, 0.2) is 0 Å². The molecule has 0 aliphatic carbocycles. The molecule has 0 bridgehead atoms. The van der Waals surface area contributed by atoms with Gasteiger partial charge in [-0.25, -0.2) is 4.98 Å². The maximum absolute atomic E-state index is 9.65. The second-order valence-corrected chi connectivity index (χ2v) is 5.87. The van der Waals surface area contributed by atoms with Crippen molar-refractivity contribution in [3.8, 4) is 5.75 Å². The molecule has 0 spiro atoms. The van der Waals surface area contributed by atoms with Crippen LogP contribution in [-0.4, -0.2) is 26.0 Å². The Morgan fingerprint density at radius 2 is 1.79 bits per heavy atom. The molecule has 0 saturated heterocycles. The van der Waals surface area contributed by atoms with Gasteiger partial charge < -0.3 is 20.5 Å². The van der Waals surface area contributed by atoms with E-state index < -0.39 is 6.23 Å². The fraction of sp³-hybridized carbons (Fsp3) is 0.211. The molecule has 1 heterocycles. The zero-order valence-electron chi connectivity index (χ0n) is 13.3. The number of aliphatic hydroxyl groups excluding tert-OH is 1. The average molecular weight is 323 g/mol. The highest BCUT2D eigenvalue weighted by molar-refractivity contribution is 5.29. The van der Waals surface area contributed by atoms with Crippen LogP contribution in [0.3, 0.4) is 0 Å². The van der Waals surface area contributed by atoms with E-state index in [4.69, 9.17) is 5.73 Å². The predicted molar refractivity (Wildman–Crippen MR) is 92.6 cm³/mol. The Balaban J connectivity index is 1.88. The number of rotatable bonds is 6. The molecular formula is C19H21N3O2. The van der Waals surface area contributed by atoms with E-state index in [9.17, 15) is 10.2 Å². The second kappa shape index (κ2) is 7.29. The predicted octanol–water partition coefficient (Wildman–Crippen LogP) is 2.05. The van der Waals surface area contributed by atoms with Crippen molar-refractivity contribution in [3.05, 3.63) is 83.4 Å². The van der Waals surface area contributed by atoms with Crippen LogP contribution in [0.1, 0.15) is 22.5 Å². The van der Waals surface area contributed by atoms with Gasteiger partial charge in [-0.3, -0.25) is 0 Å². The van der Waals surface area contributed by atoms with Crippen LogP contribution < -0.4 is 5.73 Å². The third-order valence-electron chi connectivity index (χ3n) is 3.91. The Morgan fingerprint density at radius 1 is 1.04 bits per heavy atom. The maximum atomic E-state index is 9.65. The summed E-state index contributed by atoms with van der Waals surface area (Å²) < 4.78 is 1.98. The number of aliphatic hydroxyl groups is 1. The molecule has 0 aliphatic rings. The van der Waals surface area contributed by atoms with Crippen molar-refractivity contribution in [2.45, 2.75) is 25.6 Å². The summed E-state index contributed by atoms with van der Waals surface area (Å²) in [5.74, 6) is 0.234. The largest absolute Gasteiger partial charge is 0.508 e. The lowest BCUT2D eigenvalue weighted by Gasteiger charge is -2.12. The molecular weight excluding hydrogens is 302 g/mol. The SMILES string of the molecule is NC(O)Cc1c(Cc2ccccc2)ncn1Cc1cccc(O)c1. The summed E-state index contributed by atoms with van der Waals surface area (Å²) >= 11 is 0. The number of nitrogens with two attached hydrogens (primary N) is 1. The fourth-order valence-electron chi connectivity index (χ4n) is 2.81. The minimum atomic E-state index is -0.931. The molecule has 0 fully saturated rings. The smallest absolute Gasteiger partial charge is 0.115 e. The monoisotopic (exact) mass is 323 g/mol. The molecule has 2 aromatic carbocycles. The van der Waals surface area contributed by atoms with E-state index in [0.29, 0.717) is 19.4 Å². The Labute approximate surface area is 141 Å². The van der Waals surface area contributed by atoms with Crippen LogP contribution in [-0.2, 0) is 19.4 Å². The molecule has 1 aromatic heterocycles. The van der Waals surface area contributed by atoms with Crippen molar-refractivity contribution in [1.82, 2.24) is 9.55 Å². The number of phenolic OH excluding ortho intramolecular Hbond substituents is 1. The van der Waals surface area contributed by atoms with Crippen LogP contribution in [0.25, 0.3) is 0 Å². The van der Waals surface area contributed by atoms with Crippen LogP contribution in [0, 0.1) is 0 Å². The van der Waals surface area contributed by atoms with E-state index in [2.05, 4.69) is 17.1 Å². The van der Waals surface area contributed by atoms with Crippen LogP contribution >= 0.6 is 0 Å². The molecule has 1 atom stereocenters. The maximum Gasteiger partial charge on any atom is 0.115 e. The van der Waals surface area contributed by atoms with Crippen molar-refractivity contribution in [1.29, 1.82) is 0 Å². The Hall–Kier alpha value is -2.63. The topological polar surface area (TPSA) is 84.3 Å². The average Bonchev–Trinajstić information content (AvgIpc) is 2.90. The van der Waals surface area contributed by atoms with Gasteiger partial charge in [-0.15, -0.1) is 0 Å². The van der Waals surface area contributed by atoms with Gasteiger partial charge in [0.2, 0.25) is 0 Å². The third-order valence-corrected chi connectivity index (χ3v) is 3.91. The van der Waals surface area contributed by atoms with Gasteiger partial charge in [-0.1, -0.05) is 42.5 Å². The summed E-state index contributed by atoms with van der Waals surface area (Å²) in [6.45, 7) is 0.568. The molecule has 5 nitrogen and oxygen atoms in total. The van der Waals surface area contributed by atoms with Gasteiger partial charge in [0.25, 0.3) is 0 Å². The van der Waals surface area contributed by atoms with Crippen molar-refractivity contribution in [2.24, 2.45) is 5.73 Å². The molecule has 4 N–H and O–H groups in total. The molecule has 5 heteroatoms. The van der Waals surface area contributed by atoms with Crippen LogP contribution in [0.15, 0.2) is 60.9 Å². The zero-order chi connectivity index (χ0) is 16.9. The highest BCUT2D eigenvalue weighted by Crippen LogP contribution is 2.18. The Kier molecular flexibility index (Phi) is 4.93. The quantitative estimate of drug-likeness (QED) is 0.606. The van der Waals surface area contributed by atoms with Gasteiger partial charge in [0, 0.05) is 25.1 Å². The summed E-state index contributed by atoms with van der Waals surface area (Å²) in [6, 6.07) is 17.2. The first-order chi connectivity index (χ1) is 11.6. The molecule has 1 unspecified atom stereocenters. The van der Waals surface area contributed by atoms with Gasteiger partial charge in [0.05, 0.1) is 12.0 Å². The third kappa shape index (κ3) is 4.01. The van der Waals surface area contributed by atoms with Crippen molar-refractivity contribution in [3.63, 3.8) is 0 Å². The summed E-state index contributed by atoms with van der Waals surface area (Å²) in [5.41, 5.74) is 9.55. The molecule has 0 radical (unpaired) electrons. The van der Waals surface area contributed by atoms with E-state index in [1.807, 2.05) is 34.9 Å². The molecule has 3 aromatic rings. The lowest BCUT2D eigenvalue weighted by Crippen LogP contribution is -2.24. The molecule has 0 amide bonds.